The Bertz CT molecular complexity index is 259. The number of halogens is 1. The second-order valence-electron chi connectivity index (χ2n) is 2.74. The SMILES string of the molecule is CC(Br)C(=O)NCCc1cccs1. The van der Waals surface area contributed by atoms with E-state index in [1.54, 1.807) is 11.3 Å². The van der Waals surface area contributed by atoms with Crippen LogP contribution in [-0.2, 0) is 11.2 Å². The summed E-state index contributed by atoms with van der Waals surface area (Å²) in [5.74, 6) is 0.0524. The summed E-state index contributed by atoms with van der Waals surface area (Å²) in [5.41, 5.74) is 0. The molecule has 0 spiro atoms. The monoisotopic (exact) mass is 261 g/mol. The van der Waals surface area contributed by atoms with Gasteiger partial charge in [-0.2, -0.15) is 0 Å². The van der Waals surface area contributed by atoms with Crippen LogP contribution < -0.4 is 5.32 Å². The molecule has 2 nitrogen and oxygen atoms in total. The van der Waals surface area contributed by atoms with Gasteiger partial charge in [0.1, 0.15) is 0 Å². The smallest absolute Gasteiger partial charge is 0.233 e. The Balaban J connectivity index is 2.18. The molecule has 13 heavy (non-hydrogen) atoms. The summed E-state index contributed by atoms with van der Waals surface area (Å²) in [6, 6.07) is 4.10. The van der Waals surface area contributed by atoms with Crippen molar-refractivity contribution in [3.8, 4) is 0 Å². The largest absolute Gasteiger partial charge is 0.355 e. The van der Waals surface area contributed by atoms with E-state index in [2.05, 4.69) is 27.3 Å². The molecule has 0 radical (unpaired) electrons. The van der Waals surface area contributed by atoms with E-state index in [4.69, 9.17) is 0 Å². The third kappa shape index (κ3) is 3.91. The van der Waals surface area contributed by atoms with Crippen LogP contribution in [0.2, 0.25) is 0 Å². The van der Waals surface area contributed by atoms with Gasteiger partial charge in [-0.05, 0) is 24.8 Å². The highest BCUT2D eigenvalue weighted by atomic mass is 79.9. The summed E-state index contributed by atoms with van der Waals surface area (Å²) < 4.78 is 0. The highest BCUT2D eigenvalue weighted by Crippen LogP contribution is 2.08. The second kappa shape index (κ2) is 5.40. The van der Waals surface area contributed by atoms with Crippen LogP contribution in [-0.4, -0.2) is 17.3 Å². The van der Waals surface area contributed by atoms with Crippen LogP contribution in [0.4, 0.5) is 0 Å². The zero-order valence-corrected chi connectivity index (χ0v) is 9.82. The highest BCUT2D eigenvalue weighted by Gasteiger charge is 2.06. The van der Waals surface area contributed by atoms with Crippen molar-refractivity contribution >= 4 is 33.2 Å². The number of carbonyl (C=O) groups is 1. The van der Waals surface area contributed by atoms with Gasteiger partial charge in [0, 0.05) is 11.4 Å². The van der Waals surface area contributed by atoms with Crippen molar-refractivity contribution in [2.45, 2.75) is 18.2 Å². The van der Waals surface area contributed by atoms with Gasteiger partial charge in [0.15, 0.2) is 0 Å². The number of hydrogen-bond donors (Lipinski definition) is 1. The molecular formula is C9H12BrNOS. The van der Waals surface area contributed by atoms with Gasteiger partial charge in [-0.3, -0.25) is 4.79 Å². The molecule has 0 saturated carbocycles. The Morgan fingerprint density at radius 3 is 3.08 bits per heavy atom. The van der Waals surface area contributed by atoms with E-state index in [1.165, 1.54) is 4.88 Å². The zero-order valence-electron chi connectivity index (χ0n) is 7.42. The van der Waals surface area contributed by atoms with Crippen LogP contribution in [0, 0.1) is 0 Å². The molecule has 72 valence electrons. The summed E-state index contributed by atoms with van der Waals surface area (Å²) in [6.07, 6.45) is 0.920. The lowest BCUT2D eigenvalue weighted by Gasteiger charge is -2.04. The second-order valence-corrected chi connectivity index (χ2v) is 5.14. The van der Waals surface area contributed by atoms with Gasteiger partial charge >= 0.3 is 0 Å². The molecular weight excluding hydrogens is 250 g/mol. The van der Waals surface area contributed by atoms with E-state index in [1.807, 2.05) is 18.4 Å². The van der Waals surface area contributed by atoms with Crippen LogP contribution in [0.3, 0.4) is 0 Å². The first-order valence-electron chi connectivity index (χ1n) is 4.14. The molecule has 1 heterocycles. The average Bonchev–Trinajstić information content (AvgIpc) is 2.56. The molecule has 0 fully saturated rings. The first kappa shape index (κ1) is 10.7. The molecule has 1 N–H and O–H groups in total. The number of nitrogens with one attached hydrogen (secondary N) is 1. The summed E-state index contributed by atoms with van der Waals surface area (Å²) in [4.78, 5) is 12.3. The summed E-state index contributed by atoms with van der Waals surface area (Å²) in [6.45, 7) is 2.54. The summed E-state index contributed by atoms with van der Waals surface area (Å²) in [5, 5.41) is 4.89. The van der Waals surface area contributed by atoms with Gasteiger partial charge in [0.25, 0.3) is 0 Å². The molecule has 0 aliphatic rings. The first-order chi connectivity index (χ1) is 6.20. The molecule has 1 aromatic rings. The Morgan fingerprint density at radius 1 is 1.77 bits per heavy atom. The third-order valence-electron chi connectivity index (χ3n) is 1.61. The summed E-state index contributed by atoms with van der Waals surface area (Å²) >= 11 is 4.93. The van der Waals surface area contributed by atoms with Crippen molar-refractivity contribution in [3.63, 3.8) is 0 Å². The Hall–Kier alpha value is -0.350. The summed E-state index contributed by atoms with van der Waals surface area (Å²) in [7, 11) is 0. The highest BCUT2D eigenvalue weighted by molar-refractivity contribution is 9.10. The predicted molar refractivity (Wildman–Crippen MR) is 59.4 cm³/mol. The van der Waals surface area contributed by atoms with Crippen molar-refractivity contribution < 1.29 is 4.79 Å². The minimum absolute atomic E-state index is 0.0524. The topological polar surface area (TPSA) is 29.1 Å². The lowest BCUT2D eigenvalue weighted by atomic mass is 10.3. The molecule has 1 unspecified atom stereocenters. The van der Waals surface area contributed by atoms with Crippen molar-refractivity contribution in [1.29, 1.82) is 0 Å². The van der Waals surface area contributed by atoms with Gasteiger partial charge in [-0.1, -0.05) is 22.0 Å². The van der Waals surface area contributed by atoms with Crippen LogP contribution in [0.15, 0.2) is 17.5 Å². The number of alkyl halides is 1. The Morgan fingerprint density at radius 2 is 2.54 bits per heavy atom. The molecule has 1 aromatic heterocycles. The van der Waals surface area contributed by atoms with Gasteiger partial charge in [0.05, 0.1) is 4.83 Å². The lowest BCUT2D eigenvalue weighted by Crippen LogP contribution is -2.30. The fourth-order valence-corrected chi connectivity index (χ4v) is 1.78. The van der Waals surface area contributed by atoms with Crippen LogP contribution in [0.5, 0.6) is 0 Å². The fourth-order valence-electron chi connectivity index (χ4n) is 0.904. The number of rotatable bonds is 4. The van der Waals surface area contributed by atoms with Crippen molar-refractivity contribution in [2.75, 3.05) is 6.54 Å². The zero-order chi connectivity index (χ0) is 9.68. The van der Waals surface area contributed by atoms with Crippen LogP contribution in [0.25, 0.3) is 0 Å². The predicted octanol–water partition coefficient (Wildman–Crippen LogP) is 2.19. The van der Waals surface area contributed by atoms with E-state index in [-0.39, 0.29) is 10.7 Å². The van der Waals surface area contributed by atoms with Crippen LogP contribution in [0.1, 0.15) is 11.8 Å². The molecule has 0 bridgehead atoms. The molecule has 1 rings (SSSR count). The van der Waals surface area contributed by atoms with Gasteiger partial charge in [-0.25, -0.2) is 0 Å². The normalized spacial score (nSPS) is 12.5. The molecule has 4 heteroatoms. The lowest BCUT2D eigenvalue weighted by molar-refractivity contribution is -0.120. The van der Waals surface area contributed by atoms with E-state index < -0.39 is 0 Å². The van der Waals surface area contributed by atoms with E-state index in [9.17, 15) is 4.79 Å². The Kier molecular flexibility index (Phi) is 4.45. The number of hydrogen-bond acceptors (Lipinski definition) is 2. The fraction of sp³-hybridized carbons (Fsp3) is 0.444. The standard InChI is InChI=1S/C9H12BrNOS/c1-7(10)9(12)11-5-4-8-3-2-6-13-8/h2-3,6-7H,4-5H2,1H3,(H,11,12). The minimum Gasteiger partial charge on any atom is -0.355 e. The van der Waals surface area contributed by atoms with Gasteiger partial charge < -0.3 is 5.32 Å². The Labute approximate surface area is 90.5 Å². The molecule has 0 saturated heterocycles. The quantitative estimate of drug-likeness (QED) is 0.828. The van der Waals surface area contributed by atoms with Gasteiger partial charge in [-0.15, -0.1) is 11.3 Å². The van der Waals surface area contributed by atoms with E-state index >= 15 is 0 Å². The minimum atomic E-state index is -0.101. The van der Waals surface area contributed by atoms with Crippen molar-refractivity contribution in [3.05, 3.63) is 22.4 Å². The molecule has 1 atom stereocenters. The average molecular weight is 262 g/mol. The molecule has 1 amide bonds. The molecule has 0 aromatic carbocycles. The maximum atomic E-state index is 11.1. The maximum Gasteiger partial charge on any atom is 0.233 e. The number of amides is 1. The molecule has 0 aliphatic heterocycles. The molecule has 0 aliphatic carbocycles. The first-order valence-corrected chi connectivity index (χ1v) is 5.94. The van der Waals surface area contributed by atoms with Crippen molar-refractivity contribution in [1.82, 2.24) is 5.32 Å². The third-order valence-corrected chi connectivity index (χ3v) is 2.96. The van der Waals surface area contributed by atoms with Crippen LogP contribution >= 0.6 is 27.3 Å². The van der Waals surface area contributed by atoms with E-state index in [0.717, 1.165) is 13.0 Å². The number of carbonyl (C=O) groups excluding carboxylic acids is 1. The van der Waals surface area contributed by atoms with Gasteiger partial charge in [0.2, 0.25) is 5.91 Å². The number of thiophene rings is 1. The van der Waals surface area contributed by atoms with Crippen molar-refractivity contribution in [2.24, 2.45) is 0 Å². The maximum absolute atomic E-state index is 11.1. The van der Waals surface area contributed by atoms with E-state index in [0.29, 0.717) is 0 Å².